The van der Waals surface area contributed by atoms with Crippen molar-refractivity contribution in [3.05, 3.63) is 11.0 Å². The smallest absolute Gasteiger partial charge is 0.330 e. The van der Waals surface area contributed by atoms with E-state index in [1.807, 2.05) is 5.41 Å². The molecule has 0 radical (unpaired) electrons. The number of rotatable bonds is 2. The van der Waals surface area contributed by atoms with Crippen LogP contribution in [0.4, 0.5) is 0 Å². The summed E-state index contributed by atoms with van der Waals surface area (Å²) in [7, 11) is 0. The van der Waals surface area contributed by atoms with Crippen LogP contribution in [0.1, 0.15) is 6.42 Å². The normalized spacial score (nSPS) is 30.5. The average Bonchev–Trinajstić information content (AvgIpc) is 2.15. The van der Waals surface area contributed by atoms with E-state index >= 15 is 0 Å². The van der Waals surface area contributed by atoms with Crippen LogP contribution in [-0.2, 0) is 9.59 Å². The van der Waals surface area contributed by atoms with E-state index < -0.39 is 12.0 Å². The Kier molecular flexibility index (Phi) is 2.57. The number of halogens is 1. The lowest BCUT2D eigenvalue weighted by atomic mass is 10.0. The van der Waals surface area contributed by atoms with Crippen LogP contribution < -0.4 is 0 Å². The monoisotopic (exact) mass is 277 g/mol. The van der Waals surface area contributed by atoms with Crippen molar-refractivity contribution in [2.24, 2.45) is 0 Å². The van der Waals surface area contributed by atoms with Gasteiger partial charge in [-0.1, -0.05) is 15.9 Å². The van der Waals surface area contributed by atoms with Crippen LogP contribution >= 0.6 is 27.7 Å². The summed E-state index contributed by atoms with van der Waals surface area (Å²) in [6, 6.07) is -0.762. The van der Waals surface area contributed by atoms with Crippen LogP contribution in [0.5, 0.6) is 0 Å². The zero-order chi connectivity index (χ0) is 10.3. The molecule has 1 amide bonds. The van der Waals surface area contributed by atoms with E-state index in [9.17, 15) is 9.59 Å². The van der Waals surface area contributed by atoms with E-state index in [1.54, 1.807) is 0 Å². The van der Waals surface area contributed by atoms with Gasteiger partial charge >= 0.3 is 5.97 Å². The maximum absolute atomic E-state index is 11.2. The van der Waals surface area contributed by atoms with Gasteiger partial charge in [-0.15, -0.1) is 11.8 Å². The molecule has 1 fully saturated rings. The molecule has 2 aliphatic heterocycles. The summed E-state index contributed by atoms with van der Waals surface area (Å²) in [6.45, 7) is 0. The average molecular weight is 278 g/mol. The van der Waals surface area contributed by atoms with Gasteiger partial charge in [0.05, 0.1) is 11.8 Å². The number of β-lactam (4-membered cyclic amide) rings is 1. The highest BCUT2D eigenvalue weighted by atomic mass is 79.9. The third-order valence-electron chi connectivity index (χ3n) is 2.34. The maximum Gasteiger partial charge on any atom is 0.330 e. The zero-order valence-corrected chi connectivity index (χ0v) is 9.55. The molecule has 0 aromatic carbocycles. The SMILES string of the molecule is O=C(O)[C@H]1C(CBr)=CS[C@@H]2CC(=O)N12. The fourth-order valence-electron chi connectivity index (χ4n) is 1.62. The molecule has 2 atom stereocenters. The lowest BCUT2D eigenvalue weighted by molar-refractivity contribution is -0.155. The van der Waals surface area contributed by atoms with E-state index in [1.165, 1.54) is 16.7 Å². The van der Waals surface area contributed by atoms with Gasteiger partial charge in [-0.2, -0.15) is 0 Å². The van der Waals surface area contributed by atoms with E-state index in [0.717, 1.165) is 5.57 Å². The summed E-state index contributed by atoms with van der Waals surface area (Å²) in [6.07, 6.45) is 0.459. The molecule has 0 spiro atoms. The van der Waals surface area contributed by atoms with Crippen LogP contribution in [0, 0.1) is 0 Å². The first-order chi connectivity index (χ1) is 6.65. The Morgan fingerprint density at radius 1 is 1.79 bits per heavy atom. The Morgan fingerprint density at radius 3 is 3.00 bits per heavy atom. The fraction of sp³-hybridized carbons (Fsp3) is 0.500. The Labute approximate surface area is 93.5 Å². The predicted molar refractivity (Wildman–Crippen MR) is 56.1 cm³/mol. The molecule has 2 rings (SSSR count). The van der Waals surface area contributed by atoms with Crippen LogP contribution in [0.15, 0.2) is 11.0 Å². The first-order valence-corrected chi connectivity index (χ1v) is 6.16. The van der Waals surface area contributed by atoms with Gasteiger partial charge in [0, 0.05) is 5.33 Å². The van der Waals surface area contributed by atoms with Gasteiger partial charge < -0.3 is 10.0 Å². The molecule has 0 aromatic rings. The number of fused-ring (bicyclic) bond motifs is 1. The Hall–Kier alpha value is -0.490. The van der Waals surface area contributed by atoms with Gasteiger partial charge in [0.2, 0.25) is 5.91 Å². The van der Waals surface area contributed by atoms with Crippen molar-refractivity contribution >= 4 is 39.6 Å². The lowest BCUT2D eigenvalue weighted by Crippen LogP contribution is -2.60. The van der Waals surface area contributed by atoms with E-state index in [2.05, 4.69) is 15.9 Å². The van der Waals surface area contributed by atoms with Crippen molar-refractivity contribution in [3.8, 4) is 0 Å². The topological polar surface area (TPSA) is 57.6 Å². The number of carboxylic acids is 1. The van der Waals surface area contributed by atoms with Crippen molar-refractivity contribution in [1.29, 1.82) is 0 Å². The summed E-state index contributed by atoms with van der Waals surface area (Å²) in [4.78, 5) is 23.7. The molecule has 4 nitrogen and oxygen atoms in total. The second-order valence-corrected chi connectivity index (χ2v) is 4.78. The van der Waals surface area contributed by atoms with Gasteiger partial charge in [0.15, 0.2) is 6.04 Å². The molecule has 2 heterocycles. The highest BCUT2D eigenvalue weighted by molar-refractivity contribution is 9.09. The van der Waals surface area contributed by atoms with Crippen molar-refractivity contribution in [2.75, 3.05) is 5.33 Å². The molecule has 76 valence electrons. The summed E-state index contributed by atoms with van der Waals surface area (Å²) in [5.41, 5.74) is 0.742. The number of hydrogen-bond donors (Lipinski definition) is 1. The van der Waals surface area contributed by atoms with E-state index in [0.29, 0.717) is 11.8 Å². The number of thioether (sulfide) groups is 1. The van der Waals surface area contributed by atoms with Gasteiger partial charge in [-0.25, -0.2) is 4.79 Å². The van der Waals surface area contributed by atoms with Gasteiger partial charge in [0.25, 0.3) is 0 Å². The maximum atomic E-state index is 11.2. The Bertz CT molecular complexity index is 331. The van der Waals surface area contributed by atoms with E-state index in [4.69, 9.17) is 5.11 Å². The van der Waals surface area contributed by atoms with Gasteiger partial charge in [0.1, 0.15) is 0 Å². The number of amides is 1. The zero-order valence-electron chi connectivity index (χ0n) is 7.14. The number of nitrogens with zero attached hydrogens (tertiary/aromatic N) is 1. The Morgan fingerprint density at radius 2 is 2.50 bits per heavy atom. The summed E-state index contributed by atoms with van der Waals surface area (Å²) < 4.78 is 0. The molecule has 0 bridgehead atoms. The molecule has 0 aromatic heterocycles. The van der Waals surface area contributed by atoms with Gasteiger partial charge in [-0.05, 0) is 11.0 Å². The highest BCUT2D eigenvalue weighted by Crippen LogP contribution is 2.39. The van der Waals surface area contributed by atoms with Gasteiger partial charge in [-0.3, -0.25) is 4.79 Å². The predicted octanol–water partition coefficient (Wildman–Crippen LogP) is 1.02. The summed E-state index contributed by atoms with van der Waals surface area (Å²) in [5.74, 6) is -1.02. The molecule has 6 heteroatoms. The van der Waals surface area contributed by atoms with E-state index in [-0.39, 0.29) is 11.3 Å². The van der Waals surface area contributed by atoms with Crippen molar-refractivity contribution in [1.82, 2.24) is 4.90 Å². The number of carboxylic acid groups (broad SMARTS) is 1. The molecular weight excluding hydrogens is 270 g/mol. The quantitative estimate of drug-likeness (QED) is 0.605. The minimum atomic E-state index is -0.950. The minimum Gasteiger partial charge on any atom is -0.479 e. The lowest BCUT2D eigenvalue weighted by Gasteiger charge is -2.46. The second kappa shape index (κ2) is 3.58. The molecule has 1 N–H and O–H groups in total. The van der Waals surface area contributed by atoms with Crippen LogP contribution in [0.25, 0.3) is 0 Å². The fourth-order valence-corrected chi connectivity index (χ4v) is 3.45. The highest BCUT2D eigenvalue weighted by Gasteiger charge is 2.47. The molecule has 0 unspecified atom stereocenters. The van der Waals surface area contributed by atoms with Crippen LogP contribution in [-0.4, -0.2) is 38.6 Å². The first kappa shape index (κ1) is 10.0. The molecule has 0 saturated carbocycles. The molecule has 0 aliphatic carbocycles. The third kappa shape index (κ3) is 1.37. The van der Waals surface area contributed by atoms with Crippen LogP contribution in [0.3, 0.4) is 0 Å². The summed E-state index contributed by atoms with van der Waals surface area (Å²) in [5, 5.41) is 11.4. The molecular formula is C8H8BrNO3S. The van der Waals surface area contributed by atoms with Crippen molar-refractivity contribution < 1.29 is 14.7 Å². The number of carbonyl (C=O) groups excluding carboxylic acids is 1. The summed E-state index contributed by atoms with van der Waals surface area (Å²) >= 11 is 4.75. The van der Waals surface area contributed by atoms with Crippen molar-refractivity contribution in [3.63, 3.8) is 0 Å². The number of hydrogen-bond acceptors (Lipinski definition) is 3. The van der Waals surface area contributed by atoms with Crippen molar-refractivity contribution in [2.45, 2.75) is 17.8 Å². The molecule has 14 heavy (non-hydrogen) atoms. The Balaban J connectivity index is 2.29. The minimum absolute atomic E-state index is 0.0337. The number of alkyl halides is 1. The molecule has 1 saturated heterocycles. The standard InChI is InChI=1S/C8H8BrNO3S/c9-2-4-3-14-6-1-5(11)10(6)7(4)8(12)13/h3,6-7H,1-2H2,(H,12,13)/t6-,7-/m1/s1. The first-order valence-electron chi connectivity index (χ1n) is 4.09. The third-order valence-corrected chi connectivity index (χ3v) is 4.14. The second-order valence-electron chi connectivity index (χ2n) is 3.16. The largest absolute Gasteiger partial charge is 0.479 e. The number of carbonyl (C=O) groups is 2. The molecule has 2 aliphatic rings. The van der Waals surface area contributed by atoms with Crippen LogP contribution in [0.2, 0.25) is 0 Å². The number of aliphatic carboxylic acids is 1.